The molecule has 96 valence electrons. The van der Waals surface area contributed by atoms with Crippen LogP contribution in [0.4, 0.5) is 0 Å². The van der Waals surface area contributed by atoms with Crippen molar-refractivity contribution in [2.75, 3.05) is 13.5 Å². The molecule has 0 aliphatic carbocycles. The molecule has 1 aromatic rings. The van der Waals surface area contributed by atoms with Crippen LogP contribution in [0.2, 0.25) is 0 Å². The summed E-state index contributed by atoms with van der Waals surface area (Å²) in [5.41, 5.74) is 0. The van der Waals surface area contributed by atoms with E-state index < -0.39 is 24.1 Å². The molecule has 0 aliphatic rings. The van der Waals surface area contributed by atoms with Gasteiger partial charge in [-0.1, -0.05) is 6.07 Å². The SMILES string of the molecule is COc1cccc(S(=O)(=O)OCP(=O)(O)O)c1. The molecule has 1 rings (SSSR count). The summed E-state index contributed by atoms with van der Waals surface area (Å²) in [4.78, 5) is 16.8. The molecule has 7 nitrogen and oxygen atoms in total. The highest BCUT2D eigenvalue weighted by Crippen LogP contribution is 2.35. The standard InChI is InChI=1S/C8H11O7PS/c1-14-7-3-2-4-8(5-7)17(12,13)15-6-16(9,10)11/h2-5H,6H2,1H3,(H2,9,10,11). The lowest BCUT2D eigenvalue weighted by atomic mass is 10.3. The lowest BCUT2D eigenvalue weighted by Gasteiger charge is -2.07. The first-order valence-corrected chi connectivity index (χ1v) is 7.53. The second-order valence-corrected chi connectivity index (χ2v) is 6.25. The third kappa shape index (κ3) is 4.45. The van der Waals surface area contributed by atoms with Gasteiger partial charge in [0.15, 0.2) is 6.35 Å². The molecule has 0 saturated heterocycles. The van der Waals surface area contributed by atoms with Gasteiger partial charge < -0.3 is 14.5 Å². The molecular weight excluding hydrogens is 271 g/mol. The largest absolute Gasteiger partial charge is 0.497 e. The average Bonchev–Trinajstić information content (AvgIpc) is 2.26. The van der Waals surface area contributed by atoms with Gasteiger partial charge in [0.1, 0.15) is 5.75 Å². The van der Waals surface area contributed by atoms with Crippen LogP contribution < -0.4 is 4.74 Å². The summed E-state index contributed by atoms with van der Waals surface area (Å²) in [6.07, 6.45) is -1.19. The van der Waals surface area contributed by atoms with Crippen molar-refractivity contribution in [3.05, 3.63) is 24.3 Å². The highest BCUT2D eigenvalue weighted by molar-refractivity contribution is 7.87. The second-order valence-electron chi connectivity index (χ2n) is 3.04. The Balaban J connectivity index is 2.93. The van der Waals surface area contributed by atoms with E-state index in [1.807, 2.05) is 0 Å². The van der Waals surface area contributed by atoms with Crippen LogP contribution in [0.3, 0.4) is 0 Å². The predicted molar refractivity (Wildman–Crippen MR) is 58.2 cm³/mol. The van der Waals surface area contributed by atoms with Crippen molar-refractivity contribution in [2.24, 2.45) is 0 Å². The normalized spacial score (nSPS) is 12.4. The van der Waals surface area contributed by atoms with E-state index in [4.69, 9.17) is 14.5 Å². The van der Waals surface area contributed by atoms with Crippen molar-refractivity contribution in [3.8, 4) is 5.75 Å². The van der Waals surface area contributed by atoms with Crippen LogP contribution in [0, 0.1) is 0 Å². The minimum absolute atomic E-state index is 0.231. The van der Waals surface area contributed by atoms with Gasteiger partial charge in [-0.15, -0.1) is 0 Å². The summed E-state index contributed by atoms with van der Waals surface area (Å²) in [5.74, 6) is 0.297. The highest BCUT2D eigenvalue weighted by Gasteiger charge is 2.22. The van der Waals surface area contributed by atoms with Crippen molar-refractivity contribution < 1.29 is 31.7 Å². The van der Waals surface area contributed by atoms with E-state index in [9.17, 15) is 13.0 Å². The van der Waals surface area contributed by atoms with E-state index in [-0.39, 0.29) is 4.90 Å². The van der Waals surface area contributed by atoms with Gasteiger partial charge in [-0.25, -0.2) is 0 Å². The van der Waals surface area contributed by atoms with E-state index in [1.54, 1.807) is 0 Å². The molecule has 0 bridgehead atoms. The zero-order valence-corrected chi connectivity index (χ0v) is 10.5. The van der Waals surface area contributed by atoms with Gasteiger partial charge in [0, 0.05) is 6.07 Å². The molecule has 17 heavy (non-hydrogen) atoms. The smallest absolute Gasteiger partial charge is 0.352 e. The number of benzene rings is 1. The number of ether oxygens (including phenoxy) is 1. The Kier molecular flexibility index (Phi) is 4.29. The number of rotatable bonds is 5. The van der Waals surface area contributed by atoms with Crippen molar-refractivity contribution in [1.82, 2.24) is 0 Å². The Bertz CT molecular complexity index is 533. The van der Waals surface area contributed by atoms with Gasteiger partial charge in [0.25, 0.3) is 10.1 Å². The number of methoxy groups -OCH3 is 1. The lowest BCUT2D eigenvalue weighted by Crippen LogP contribution is -2.08. The molecule has 0 saturated carbocycles. The van der Waals surface area contributed by atoms with Crippen molar-refractivity contribution in [3.63, 3.8) is 0 Å². The Morgan fingerprint density at radius 2 is 2.00 bits per heavy atom. The van der Waals surface area contributed by atoms with Gasteiger partial charge in [-0.3, -0.25) is 8.75 Å². The average molecular weight is 282 g/mol. The monoisotopic (exact) mass is 282 g/mol. The van der Waals surface area contributed by atoms with E-state index >= 15 is 0 Å². The maximum Gasteiger partial charge on any atom is 0.352 e. The minimum Gasteiger partial charge on any atom is -0.497 e. The zero-order valence-electron chi connectivity index (χ0n) is 8.81. The molecule has 9 heteroatoms. The quantitative estimate of drug-likeness (QED) is 0.598. The highest BCUT2D eigenvalue weighted by atomic mass is 32.2. The molecule has 0 amide bonds. The van der Waals surface area contributed by atoms with E-state index in [1.165, 1.54) is 31.4 Å². The van der Waals surface area contributed by atoms with Gasteiger partial charge in [-0.05, 0) is 12.1 Å². The van der Waals surface area contributed by atoms with E-state index in [2.05, 4.69) is 4.18 Å². The summed E-state index contributed by atoms with van der Waals surface area (Å²) in [6, 6.07) is 5.38. The van der Waals surface area contributed by atoms with Crippen molar-refractivity contribution >= 4 is 17.7 Å². The van der Waals surface area contributed by atoms with Gasteiger partial charge in [0.2, 0.25) is 0 Å². The van der Waals surface area contributed by atoms with Gasteiger partial charge >= 0.3 is 7.60 Å². The summed E-state index contributed by atoms with van der Waals surface area (Å²) >= 11 is 0. The molecule has 2 N–H and O–H groups in total. The molecular formula is C8H11O7PS. The molecule has 0 heterocycles. The molecule has 0 aromatic heterocycles. The summed E-state index contributed by atoms with van der Waals surface area (Å²) in [5, 5.41) is 0. The van der Waals surface area contributed by atoms with Crippen LogP contribution in [-0.4, -0.2) is 31.7 Å². The molecule has 0 radical (unpaired) electrons. The Morgan fingerprint density at radius 3 is 2.53 bits per heavy atom. The van der Waals surface area contributed by atoms with Crippen molar-refractivity contribution in [2.45, 2.75) is 4.90 Å². The fourth-order valence-electron chi connectivity index (χ4n) is 0.963. The topological polar surface area (TPSA) is 110 Å². The van der Waals surface area contributed by atoms with E-state index in [0.717, 1.165) is 0 Å². The van der Waals surface area contributed by atoms with E-state index in [0.29, 0.717) is 5.75 Å². The van der Waals surface area contributed by atoms with Crippen LogP contribution in [0.15, 0.2) is 29.2 Å². The number of hydrogen-bond acceptors (Lipinski definition) is 5. The van der Waals surface area contributed by atoms with Gasteiger partial charge in [0.05, 0.1) is 12.0 Å². The van der Waals surface area contributed by atoms with Crippen LogP contribution in [0.5, 0.6) is 5.75 Å². The lowest BCUT2D eigenvalue weighted by molar-refractivity contribution is 0.301. The zero-order chi connectivity index (χ0) is 13.1. The Hall–Kier alpha value is -0.920. The van der Waals surface area contributed by atoms with Gasteiger partial charge in [-0.2, -0.15) is 8.42 Å². The summed E-state index contributed by atoms with van der Waals surface area (Å²) in [6.45, 7) is 0. The Morgan fingerprint density at radius 1 is 1.35 bits per heavy atom. The molecule has 0 aliphatic heterocycles. The fourth-order valence-corrected chi connectivity index (χ4v) is 2.71. The van der Waals surface area contributed by atoms with Crippen LogP contribution >= 0.6 is 7.60 Å². The minimum atomic E-state index is -4.53. The van der Waals surface area contributed by atoms with Crippen molar-refractivity contribution in [1.29, 1.82) is 0 Å². The maximum absolute atomic E-state index is 11.5. The predicted octanol–water partition coefficient (Wildman–Crippen LogP) is 0.536. The molecule has 1 aromatic carbocycles. The first-order chi connectivity index (χ1) is 7.74. The maximum atomic E-state index is 11.5. The second kappa shape index (κ2) is 5.16. The fraction of sp³-hybridized carbons (Fsp3) is 0.250. The summed E-state index contributed by atoms with van der Waals surface area (Å²) < 4.78 is 42.6. The molecule has 0 atom stereocenters. The van der Waals surface area contributed by atoms with Crippen LogP contribution in [0.25, 0.3) is 0 Å². The van der Waals surface area contributed by atoms with Crippen LogP contribution in [-0.2, 0) is 18.9 Å². The first-order valence-electron chi connectivity index (χ1n) is 4.33. The summed E-state index contributed by atoms with van der Waals surface area (Å²) in [7, 11) is -7.37. The molecule has 0 unspecified atom stereocenters. The molecule has 0 fully saturated rings. The molecule has 0 spiro atoms. The number of hydrogen-bond donors (Lipinski definition) is 2. The Labute approximate surface area is 98.3 Å². The third-order valence-corrected chi connectivity index (χ3v) is 3.61. The van der Waals surface area contributed by atoms with Crippen LogP contribution in [0.1, 0.15) is 0 Å². The third-order valence-electron chi connectivity index (χ3n) is 1.71. The first kappa shape index (κ1) is 14.1.